The summed E-state index contributed by atoms with van der Waals surface area (Å²) >= 11 is 0. The van der Waals surface area contributed by atoms with Gasteiger partial charge in [-0.3, -0.25) is 14.4 Å². The third-order valence-electron chi connectivity index (χ3n) is 4.51. The third kappa shape index (κ3) is 2.94. The van der Waals surface area contributed by atoms with Gasteiger partial charge in [-0.1, -0.05) is 0 Å². The van der Waals surface area contributed by atoms with Crippen LogP contribution in [0.2, 0.25) is 0 Å². The maximum atomic E-state index is 12.3. The fourth-order valence-electron chi connectivity index (χ4n) is 3.21. The maximum absolute atomic E-state index is 12.3. The second kappa shape index (κ2) is 5.81. The molecule has 112 valence electrons. The SMILES string of the molecule is CC(=O)NCC(=O)N1CCC[C@@]2(CCN(C)C2=O)CC1. The Bertz CT molecular complexity index is 424. The number of amides is 3. The molecule has 0 unspecified atom stereocenters. The van der Waals surface area contributed by atoms with E-state index in [1.165, 1.54) is 6.92 Å². The Labute approximate surface area is 119 Å². The first kappa shape index (κ1) is 14.8. The van der Waals surface area contributed by atoms with Crippen LogP contribution in [0, 0.1) is 5.41 Å². The fourth-order valence-corrected chi connectivity index (χ4v) is 3.21. The van der Waals surface area contributed by atoms with Crippen molar-refractivity contribution in [1.82, 2.24) is 15.1 Å². The van der Waals surface area contributed by atoms with Crippen molar-refractivity contribution >= 4 is 17.7 Å². The van der Waals surface area contributed by atoms with E-state index in [0.29, 0.717) is 13.1 Å². The number of rotatable bonds is 2. The first-order valence-corrected chi connectivity index (χ1v) is 7.22. The van der Waals surface area contributed by atoms with Crippen molar-refractivity contribution in [1.29, 1.82) is 0 Å². The van der Waals surface area contributed by atoms with E-state index in [1.54, 1.807) is 9.80 Å². The molecule has 0 bridgehead atoms. The Hall–Kier alpha value is -1.59. The minimum Gasteiger partial charge on any atom is -0.347 e. The summed E-state index contributed by atoms with van der Waals surface area (Å²) in [5.41, 5.74) is -0.252. The second-order valence-corrected chi connectivity index (χ2v) is 5.90. The summed E-state index contributed by atoms with van der Waals surface area (Å²) in [6.45, 7) is 3.56. The van der Waals surface area contributed by atoms with Crippen molar-refractivity contribution in [3.05, 3.63) is 0 Å². The van der Waals surface area contributed by atoms with Crippen LogP contribution in [0.1, 0.15) is 32.6 Å². The quantitative estimate of drug-likeness (QED) is 0.773. The summed E-state index contributed by atoms with van der Waals surface area (Å²) in [5, 5.41) is 2.53. The van der Waals surface area contributed by atoms with E-state index in [2.05, 4.69) is 5.32 Å². The molecule has 2 saturated heterocycles. The van der Waals surface area contributed by atoms with E-state index in [-0.39, 0.29) is 29.7 Å². The van der Waals surface area contributed by atoms with Crippen molar-refractivity contribution in [2.24, 2.45) is 5.41 Å². The molecular weight excluding hydrogens is 258 g/mol. The standard InChI is InChI=1S/C14H23N3O3/c1-11(18)15-10-12(19)17-7-3-4-14(6-9-17)5-8-16(2)13(14)20/h3-10H2,1-2H3,(H,15,18)/t14-/m1/s1. The topological polar surface area (TPSA) is 69.7 Å². The van der Waals surface area contributed by atoms with Gasteiger partial charge in [-0.05, 0) is 25.7 Å². The van der Waals surface area contributed by atoms with Gasteiger partial charge >= 0.3 is 0 Å². The zero-order chi connectivity index (χ0) is 14.8. The molecule has 3 amide bonds. The van der Waals surface area contributed by atoms with Crippen LogP contribution in [0.15, 0.2) is 0 Å². The van der Waals surface area contributed by atoms with Crippen molar-refractivity contribution in [3.8, 4) is 0 Å². The Kier molecular flexibility index (Phi) is 4.30. The van der Waals surface area contributed by atoms with Crippen LogP contribution in [-0.4, -0.2) is 60.7 Å². The van der Waals surface area contributed by atoms with Gasteiger partial charge in [-0.25, -0.2) is 0 Å². The van der Waals surface area contributed by atoms with E-state index < -0.39 is 0 Å². The number of hydrogen-bond acceptors (Lipinski definition) is 3. The van der Waals surface area contributed by atoms with Crippen LogP contribution in [0.5, 0.6) is 0 Å². The van der Waals surface area contributed by atoms with Crippen molar-refractivity contribution in [3.63, 3.8) is 0 Å². The van der Waals surface area contributed by atoms with Gasteiger partial charge in [0.2, 0.25) is 17.7 Å². The minimum absolute atomic E-state index is 0.0518. The molecule has 2 aliphatic rings. The molecule has 0 aliphatic carbocycles. The molecule has 2 aliphatic heterocycles. The van der Waals surface area contributed by atoms with Crippen molar-refractivity contribution in [2.45, 2.75) is 32.6 Å². The number of nitrogens with zero attached hydrogens (tertiary/aromatic N) is 2. The summed E-state index contributed by atoms with van der Waals surface area (Å²) in [6, 6.07) is 0. The van der Waals surface area contributed by atoms with Crippen LogP contribution < -0.4 is 5.32 Å². The van der Waals surface area contributed by atoms with Crippen LogP contribution in [0.4, 0.5) is 0 Å². The highest BCUT2D eigenvalue weighted by Gasteiger charge is 2.45. The molecule has 1 atom stereocenters. The van der Waals surface area contributed by atoms with Crippen LogP contribution in [0.3, 0.4) is 0 Å². The smallest absolute Gasteiger partial charge is 0.241 e. The molecule has 2 rings (SSSR count). The average molecular weight is 281 g/mol. The number of carbonyl (C=O) groups is 3. The summed E-state index contributed by atoms with van der Waals surface area (Å²) < 4.78 is 0. The molecule has 0 aromatic heterocycles. The normalized spacial score (nSPS) is 26.8. The molecule has 6 heteroatoms. The molecule has 0 radical (unpaired) electrons. The molecule has 0 aromatic rings. The molecule has 0 saturated carbocycles. The first-order valence-electron chi connectivity index (χ1n) is 7.22. The Morgan fingerprint density at radius 3 is 2.50 bits per heavy atom. The Balaban J connectivity index is 1.94. The zero-order valence-corrected chi connectivity index (χ0v) is 12.3. The van der Waals surface area contributed by atoms with Gasteiger partial charge in [0.1, 0.15) is 0 Å². The lowest BCUT2D eigenvalue weighted by Crippen LogP contribution is -2.40. The van der Waals surface area contributed by atoms with Crippen molar-refractivity contribution < 1.29 is 14.4 Å². The number of carbonyl (C=O) groups excluding carboxylic acids is 3. The number of nitrogens with one attached hydrogen (secondary N) is 1. The molecule has 20 heavy (non-hydrogen) atoms. The molecule has 2 heterocycles. The minimum atomic E-state index is -0.252. The third-order valence-corrected chi connectivity index (χ3v) is 4.51. The summed E-state index contributed by atoms with van der Waals surface area (Å²) in [6.07, 6.45) is 3.35. The predicted molar refractivity (Wildman–Crippen MR) is 73.8 cm³/mol. The van der Waals surface area contributed by atoms with E-state index in [1.807, 2.05) is 7.05 Å². The average Bonchev–Trinajstić information content (AvgIpc) is 2.61. The largest absolute Gasteiger partial charge is 0.347 e. The lowest BCUT2D eigenvalue weighted by molar-refractivity contribution is -0.136. The fraction of sp³-hybridized carbons (Fsp3) is 0.786. The van der Waals surface area contributed by atoms with Crippen LogP contribution >= 0.6 is 0 Å². The molecule has 1 spiro atoms. The predicted octanol–water partition coefficient (Wildman–Crippen LogP) is -0.0165. The highest BCUT2D eigenvalue weighted by atomic mass is 16.2. The van der Waals surface area contributed by atoms with E-state index >= 15 is 0 Å². The maximum Gasteiger partial charge on any atom is 0.241 e. The van der Waals surface area contributed by atoms with E-state index in [4.69, 9.17) is 0 Å². The Morgan fingerprint density at radius 2 is 1.90 bits per heavy atom. The second-order valence-electron chi connectivity index (χ2n) is 5.90. The van der Waals surface area contributed by atoms with Gasteiger partial charge in [-0.15, -0.1) is 0 Å². The van der Waals surface area contributed by atoms with Crippen LogP contribution in [0.25, 0.3) is 0 Å². The molecular formula is C14H23N3O3. The highest BCUT2D eigenvalue weighted by molar-refractivity contribution is 5.85. The lowest BCUT2D eigenvalue weighted by atomic mass is 9.79. The summed E-state index contributed by atoms with van der Waals surface area (Å²) in [5.74, 6) is -0.0260. The van der Waals surface area contributed by atoms with Crippen LogP contribution in [-0.2, 0) is 14.4 Å². The summed E-state index contributed by atoms with van der Waals surface area (Å²) in [7, 11) is 1.85. The van der Waals surface area contributed by atoms with Gasteiger partial charge in [0, 0.05) is 33.6 Å². The molecule has 6 nitrogen and oxygen atoms in total. The van der Waals surface area contributed by atoms with Gasteiger partial charge in [0.05, 0.1) is 12.0 Å². The van der Waals surface area contributed by atoms with Gasteiger partial charge in [-0.2, -0.15) is 0 Å². The van der Waals surface area contributed by atoms with E-state index in [9.17, 15) is 14.4 Å². The first-order chi connectivity index (χ1) is 9.44. The monoisotopic (exact) mass is 281 g/mol. The van der Waals surface area contributed by atoms with Crippen molar-refractivity contribution in [2.75, 3.05) is 33.2 Å². The van der Waals surface area contributed by atoms with Gasteiger partial charge in [0.15, 0.2) is 0 Å². The molecule has 2 fully saturated rings. The molecule has 0 aromatic carbocycles. The highest BCUT2D eigenvalue weighted by Crippen LogP contribution is 2.40. The zero-order valence-electron chi connectivity index (χ0n) is 12.3. The number of likely N-dealkylation sites (tertiary alicyclic amines) is 2. The Morgan fingerprint density at radius 1 is 1.20 bits per heavy atom. The van der Waals surface area contributed by atoms with E-state index in [0.717, 1.165) is 32.2 Å². The van der Waals surface area contributed by atoms with Gasteiger partial charge < -0.3 is 15.1 Å². The molecule has 1 N–H and O–H groups in total. The summed E-state index contributed by atoms with van der Waals surface area (Å²) in [4.78, 5) is 38.7. The lowest BCUT2D eigenvalue weighted by Gasteiger charge is -2.25. The number of hydrogen-bond donors (Lipinski definition) is 1. The van der Waals surface area contributed by atoms with Gasteiger partial charge in [0.25, 0.3) is 0 Å².